The molecule has 0 aliphatic heterocycles. The van der Waals surface area contributed by atoms with Gasteiger partial charge in [-0.2, -0.15) is 0 Å². The van der Waals surface area contributed by atoms with Gasteiger partial charge >= 0.3 is 5.97 Å². The Morgan fingerprint density at radius 1 is 1.23 bits per heavy atom. The van der Waals surface area contributed by atoms with Crippen LogP contribution in [0.2, 0.25) is 0 Å². The van der Waals surface area contributed by atoms with Crippen LogP contribution in [0.25, 0.3) is 11.3 Å². The second kappa shape index (κ2) is 7.24. The van der Waals surface area contributed by atoms with Gasteiger partial charge in [-0.15, -0.1) is 11.3 Å². The maximum absolute atomic E-state index is 11.4. The highest BCUT2D eigenvalue weighted by atomic mass is 32.1. The van der Waals surface area contributed by atoms with E-state index in [1.165, 1.54) is 7.11 Å². The number of nitrogens with zero attached hydrogens (tertiary/aromatic N) is 1. The fourth-order valence-electron chi connectivity index (χ4n) is 1.98. The van der Waals surface area contributed by atoms with Crippen LogP contribution in [0.15, 0.2) is 18.2 Å². The molecule has 0 radical (unpaired) electrons. The quantitative estimate of drug-likeness (QED) is 0.844. The van der Waals surface area contributed by atoms with Crippen LogP contribution in [0, 0.1) is 0 Å². The lowest BCUT2D eigenvalue weighted by molar-refractivity contribution is 0.0702. The third kappa shape index (κ3) is 3.37. The molecule has 0 fully saturated rings. The van der Waals surface area contributed by atoms with Gasteiger partial charge < -0.3 is 19.3 Å². The number of carboxylic acid groups (broad SMARTS) is 1. The van der Waals surface area contributed by atoms with Crippen molar-refractivity contribution in [2.75, 3.05) is 27.9 Å². The summed E-state index contributed by atoms with van der Waals surface area (Å²) in [4.78, 5) is 16.1. The fourth-order valence-corrected chi connectivity index (χ4v) is 2.89. The number of aromatic carboxylic acids is 1. The molecule has 118 valence electrons. The third-order valence-electron chi connectivity index (χ3n) is 3.04. The predicted octanol–water partition coefficient (Wildman–Crippen LogP) is 2.71. The van der Waals surface area contributed by atoms with E-state index in [2.05, 4.69) is 4.98 Å². The second-order valence-corrected chi connectivity index (χ2v) is 5.49. The molecule has 1 heterocycles. The van der Waals surface area contributed by atoms with Crippen LogP contribution in [0.3, 0.4) is 0 Å². The van der Waals surface area contributed by atoms with Crippen molar-refractivity contribution in [1.82, 2.24) is 4.98 Å². The molecule has 2 aromatic rings. The van der Waals surface area contributed by atoms with E-state index in [0.717, 1.165) is 16.3 Å². The topological polar surface area (TPSA) is 77.9 Å². The van der Waals surface area contributed by atoms with Crippen molar-refractivity contribution >= 4 is 17.3 Å². The Hall–Kier alpha value is -2.12. The van der Waals surface area contributed by atoms with E-state index in [9.17, 15) is 9.90 Å². The minimum Gasteiger partial charge on any atom is -0.493 e. The van der Waals surface area contributed by atoms with Crippen molar-refractivity contribution in [2.24, 2.45) is 0 Å². The first-order valence-electron chi connectivity index (χ1n) is 6.55. The number of hydrogen-bond acceptors (Lipinski definition) is 6. The van der Waals surface area contributed by atoms with Gasteiger partial charge in [-0.25, -0.2) is 9.78 Å². The van der Waals surface area contributed by atoms with Gasteiger partial charge in [0, 0.05) is 19.1 Å². The summed E-state index contributed by atoms with van der Waals surface area (Å²) in [5, 5.41) is 10.1. The van der Waals surface area contributed by atoms with Gasteiger partial charge in [0.05, 0.1) is 31.5 Å². The van der Waals surface area contributed by atoms with E-state index < -0.39 is 5.97 Å². The number of aromatic nitrogens is 1. The lowest BCUT2D eigenvalue weighted by Gasteiger charge is -2.08. The Kier molecular flexibility index (Phi) is 5.35. The molecule has 0 unspecified atom stereocenters. The Morgan fingerprint density at radius 3 is 2.55 bits per heavy atom. The van der Waals surface area contributed by atoms with E-state index >= 15 is 0 Å². The van der Waals surface area contributed by atoms with E-state index in [-0.39, 0.29) is 4.88 Å². The number of methoxy groups -OCH3 is 3. The van der Waals surface area contributed by atoms with Crippen molar-refractivity contribution in [3.8, 4) is 22.8 Å². The SMILES string of the molecule is COCCc1nc(-c2ccc(OC)c(OC)c2)c(C(=O)O)s1. The van der Waals surface area contributed by atoms with Crippen molar-refractivity contribution in [3.63, 3.8) is 0 Å². The molecule has 0 bridgehead atoms. The van der Waals surface area contributed by atoms with Crippen LogP contribution in [0.4, 0.5) is 0 Å². The average Bonchev–Trinajstić information content (AvgIpc) is 2.96. The first kappa shape index (κ1) is 16.3. The molecule has 2 rings (SSSR count). The van der Waals surface area contributed by atoms with Crippen LogP contribution >= 0.6 is 11.3 Å². The second-order valence-electron chi connectivity index (χ2n) is 4.40. The van der Waals surface area contributed by atoms with Gasteiger partial charge in [-0.05, 0) is 18.2 Å². The molecule has 0 aliphatic rings. The minimum absolute atomic E-state index is 0.207. The molecule has 1 aromatic carbocycles. The summed E-state index contributed by atoms with van der Waals surface area (Å²) in [5.41, 5.74) is 1.11. The fraction of sp³-hybridized carbons (Fsp3) is 0.333. The molecular weight excluding hydrogens is 306 g/mol. The summed E-state index contributed by atoms with van der Waals surface area (Å²) in [6.45, 7) is 0.498. The van der Waals surface area contributed by atoms with Gasteiger partial charge in [0.25, 0.3) is 0 Å². The van der Waals surface area contributed by atoms with Crippen LogP contribution in [0.1, 0.15) is 14.7 Å². The highest BCUT2D eigenvalue weighted by molar-refractivity contribution is 7.14. The van der Waals surface area contributed by atoms with E-state index in [1.54, 1.807) is 32.4 Å². The number of ether oxygens (including phenoxy) is 3. The Morgan fingerprint density at radius 2 is 1.95 bits per heavy atom. The lowest BCUT2D eigenvalue weighted by atomic mass is 10.1. The molecular formula is C15H17NO5S. The summed E-state index contributed by atoms with van der Waals surface area (Å²) < 4.78 is 15.5. The van der Waals surface area contributed by atoms with Crippen LogP contribution in [-0.2, 0) is 11.2 Å². The lowest BCUT2D eigenvalue weighted by Crippen LogP contribution is -1.97. The third-order valence-corrected chi connectivity index (χ3v) is 4.15. The minimum atomic E-state index is -0.994. The molecule has 0 amide bonds. The molecule has 0 atom stereocenters. The van der Waals surface area contributed by atoms with Crippen LogP contribution < -0.4 is 9.47 Å². The van der Waals surface area contributed by atoms with E-state index in [0.29, 0.717) is 35.8 Å². The van der Waals surface area contributed by atoms with Gasteiger partial charge in [-0.3, -0.25) is 0 Å². The Balaban J connectivity index is 2.46. The normalized spacial score (nSPS) is 10.5. The number of hydrogen-bond donors (Lipinski definition) is 1. The summed E-state index contributed by atoms with van der Waals surface area (Å²) in [5.74, 6) is 0.117. The van der Waals surface area contributed by atoms with Gasteiger partial charge in [0.15, 0.2) is 11.5 Å². The highest BCUT2D eigenvalue weighted by Gasteiger charge is 2.20. The first-order chi connectivity index (χ1) is 10.6. The molecule has 0 spiro atoms. The maximum Gasteiger partial charge on any atom is 0.348 e. The molecule has 1 N–H and O–H groups in total. The van der Waals surface area contributed by atoms with Gasteiger partial charge in [0.1, 0.15) is 4.88 Å². The molecule has 0 saturated carbocycles. The molecule has 0 saturated heterocycles. The van der Waals surface area contributed by atoms with E-state index in [4.69, 9.17) is 14.2 Å². The molecule has 0 aliphatic carbocycles. The molecule has 6 nitrogen and oxygen atoms in total. The largest absolute Gasteiger partial charge is 0.493 e. The first-order valence-corrected chi connectivity index (χ1v) is 7.36. The van der Waals surface area contributed by atoms with Crippen molar-refractivity contribution in [1.29, 1.82) is 0 Å². The number of rotatable bonds is 7. The molecule has 1 aromatic heterocycles. The van der Waals surface area contributed by atoms with Gasteiger partial charge in [-0.1, -0.05) is 0 Å². The van der Waals surface area contributed by atoms with Crippen LogP contribution in [-0.4, -0.2) is 44.0 Å². The molecule has 22 heavy (non-hydrogen) atoms. The maximum atomic E-state index is 11.4. The Bertz CT molecular complexity index is 668. The van der Waals surface area contributed by atoms with Crippen molar-refractivity contribution < 1.29 is 24.1 Å². The summed E-state index contributed by atoms with van der Waals surface area (Å²) in [7, 11) is 4.68. The zero-order valence-corrected chi connectivity index (χ0v) is 13.4. The van der Waals surface area contributed by atoms with Gasteiger partial charge in [0.2, 0.25) is 0 Å². The molecule has 7 heteroatoms. The monoisotopic (exact) mass is 323 g/mol. The zero-order chi connectivity index (χ0) is 16.1. The number of carbonyl (C=O) groups is 1. The van der Waals surface area contributed by atoms with Crippen LogP contribution in [0.5, 0.6) is 11.5 Å². The number of benzene rings is 1. The van der Waals surface area contributed by atoms with Crippen molar-refractivity contribution in [2.45, 2.75) is 6.42 Å². The summed E-state index contributed by atoms with van der Waals surface area (Å²) in [6, 6.07) is 5.22. The highest BCUT2D eigenvalue weighted by Crippen LogP contribution is 2.35. The summed E-state index contributed by atoms with van der Waals surface area (Å²) in [6.07, 6.45) is 0.578. The van der Waals surface area contributed by atoms with E-state index in [1.807, 2.05) is 0 Å². The zero-order valence-electron chi connectivity index (χ0n) is 12.6. The Labute approximate surface area is 132 Å². The standard InChI is InChI=1S/C15H17NO5S/c1-19-7-6-12-16-13(14(22-12)15(17)18)9-4-5-10(20-2)11(8-9)21-3/h4-5,8H,6-7H2,1-3H3,(H,17,18). The summed E-state index contributed by atoms with van der Waals surface area (Å²) >= 11 is 1.16. The smallest absolute Gasteiger partial charge is 0.348 e. The number of carboxylic acids is 1. The van der Waals surface area contributed by atoms with Crippen molar-refractivity contribution in [3.05, 3.63) is 28.1 Å². The number of thiazole rings is 1. The average molecular weight is 323 g/mol. The predicted molar refractivity (Wildman–Crippen MR) is 83.2 cm³/mol.